The average molecular weight is 464 g/mol. The number of hydrogen-bond donors (Lipinski definition) is 0. The van der Waals surface area contributed by atoms with E-state index in [0.717, 1.165) is 22.5 Å². The van der Waals surface area contributed by atoms with Gasteiger partial charge in [0.25, 0.3) is 5.91 Å². The van der Waals surface area contributed by atoms with Crippen LogP contribution in [0.2, 0.25) is 0 Å². The normalized spacial score (nSPS) is 15.9. The third kappa shape index (κ3) is 5.13. The van der Waals surface area contributed by atoms with Crippen LogP contribution in [-0.4, -0.2) is 56.3 Å². The molecule has 1 amide bonds. The number of piperazine rings is 1. The van der Waals surface area contributed by atoms with Crippen molar-refractivity contribution in [1.82, 2.24) is 9.21 Å². The molecule has 0 unspecified atom stereocenters. The van der Waals surface area contributed by atoms with Gasteiger partial charge in [-0.15, -0.1) is 0 Å². The van der Waals surface area contributed by atoms with Crippen LogP contribution in [0.4, 0.5) is 22.0 Å². The Morgan fingerprint density at radius 2 is 1.61 bits per heavy atom. The molecule has 168 valence electrons. The molecule has 6 nitrogen and oxygen atoms in total. The Morgan fingerprint density at radius 3 is 2.23 bits per heavy atom. The first kappa shape index (κ1) is 22.9. The molecule has 1 heterocycles. The Hall–Kier alpha value is -2.73. The lowest BCUT2D eigenvalue weighted by molar-refractivity contribution is -0.137. The minimum absolute atomic E-state index is 0.0694. The molecular formula is C19H17F5N2O4S. The van der Waals surface area contributed by atoms with Crippen LogP contribution in [-0.2, 0) is 16.2 Å². The second-order valence-electron chi connectivity index (χ2n) is 6.60. The van der Waals surface area contributed by atoms with Gasteiger partial charge in [0.1, 0.15) is 5.75 Å². The highest BCUT2D eigenvalue weighted by atomic mass is 32.2. The smallest absolute Gasteiger partial charge is 0.416 e. The summed E-state index contributed by atoms with van der Waals surface area (Å²) in [4.78, 5) is 13.5. The van der Waals surface area contributed by atoms with Gasteiger partial charge in [0.2, 0.25) is 10.0 Å². The fraction of sp³-hybridized carbons (Fsp3) is 0.316. The second-order valence-corrected chi connectivity index (χ2v) is 8.53. The number of carbonyl (C=O) groups is 1. The van der Waals surface area contributed by atoms with Gasteiger partial charge in [0.05, 0.1) is 16.0 Å². The van der Waals surface area contributed by atoms with E-state index in [2.05, 4.69) is 4.74 Å². The molecule has 0 atom stereocenters. The molecular weight excluding hydrogens is 447 g/mol. The molecule has 0 N–H and O–H groups in total. The van der Waals surface area contributed by atoms with E-state index < -0.39 is 39.2 Å². The third-order valence-corrected chi connectivity index (χ3v) is 6.55. The standard InChI is InChI=1S/C19H17F5N2O4S/c20-18(21)30-16-7-2-1-6-15(16)17(27)25-8-10-26(11-9-25)31(28,29)14-5-3-4-13(12-14)19(22,23)24/h1-7,12,18H,8-11H2. The number of carbonyl (C=O) groups excluding carboxylic acids is 1. The van der Waals surface area contributed by atoms with Gasteiger partial charge in [-0.2, -0.15) is 26.3 Å². The van der Waals surface area contributed by atoms with E-state index in [1.807, 2.05) is 0 Å². The summed E-state index contributed by atoms with van der Waals surface area (Å²) in [6.45, 7) is -3.59. The topological polar surface area (TPSA) is 66.9 Å². The number of nitrogens with zero attached hydrogens (tertiary/aromatic N) is 2. The molecule has 0 saturated carbocycles. The molecule has 1 aliphatic rings. The van der Waals surface area contributed by atoms with Gasteiger partial charge in [-0.3, -0.25) is 4.79 Å². The summed E-state index contributed by atoms with van der Waals surface area (Å²) in [7, 11) is -4.21. The molecule has 0 aliphatic carbocycles. The van der Waals surface area contributed by atoms with Gasteiger partial charge in [-0.1, -0.05) is 18.2 Å². The number of rotatable bonds is 5. The molecule has 0 bridgehead atoms. The predicted octanol–water partition coefficient (Wildman–Crippen LogP) is 3.45. The predicted molar refractivity (Wildman–Crippen MR) is 99.2 cm³/mol. The Labute approximate surface area is 174 Å². The van der Waals surface area contributed by atoms with Crippen molar-refractivity contribution in [2.45, 2.75) is 17.7 Å². The van der Waals surface area contributed by atoms with Crippen molar-refractivity contribution in [3.63, 3.8) is 0 Å². The van der Waals surface area contributed by atoms with Crippen molar-refractivity contribution in [1.29, 1.82) is 0 Å². The van der Waals surface area contributed by atoms with E-state index in [4.69, 9.17) is 0 Å². The first-order chi connectivity index (χ1) is 14.5. The molecule has 12 heteroatoms. The zero-order valence-corrected chi connectivity index (χ0v) is 16.7. The monoisotopic (exact) mass is 464 g/mol. The molecule has 2 aromatic rings. The van der Waals surface area contributed by atoms with Crippen LogP contribution in [0, 0.1) is 0 Å². The lowest BCUT2D eigenvalue weighted by atomic mass is 10.1. The molecule has 0 radical (unpaired) electrons. The highest BCUT2D eigenvalue weighted by molar-refractivity contribution is 7.89. The number of hydrogen-bond acceptors (Lipinski definition) is 4. The zero-order valence-electron chi connectivity index (χ0n) is 15.9. The van der Waals surface area contributed by atoms with Crippen molar-refractivity contribution in [2.75, 3.05) is 26.2 Å². The number of benzene rings is 2. The van der Waals surface area contributed by atoms with Gasteiger partial charge >= 0.3 is 12.8 Å². The maximum Gasteiger partial charge on any atom is 0.416 e. The summed E-state index contributed by atoms with van der Waals surface area (Å²) < 4.78 is 94.6. The second kappa shape index (κ2) is 8.79. The van der Waals surface area contributed by atoms with Crippen molar-refractivity contribution >= 4 is 15.9 Å². The van der Waals surface area contributed by atoms with E-state index in [1.54, 1.807) is 0 Å². The number of para-hydroxylation sites is 1. The summed E-state index contributed by atoms with van der Waals surface area (Å²) in [6, 6.07) is 8.84. The molecule has 0 spiro atoms. The summed E-state index contributed by atoms with van der Waals surface area (Å²) >= 11 is 0. The lowest BCUT2D eigenvalue weighted by Gasteiger charge is -2.34. The number of ether oxygens (including phenoxy) is 1. The first-order valence-corrected chi connectivity index (χ1v) is 10.4. The van der Waals surface area contributed by atoms with E-state index in [1.165, 1.54) is 29.2 Å². The fourth-order valence-electron chi connectivity index (χ4n) is 3.13. The largest absolute Gasteiger partial charge is 0.434 e. The van der Waals surface area contributed by atoms with Crippen LogP contribution < -0.4 is 4.74 Å². The highest BCUT2D eigenvalue weighted by Crippen LogP contribution is 2.31. The average Bonchev–Trinajstić information content (AvgIpc) is 2.73. The first-order valence-electron chi connectivity index (χ1n) is 9.00. The Kier molecular flexibility index (Phi) is 6.51. The maximum absolute atomic E-state index is 12.9. The number of amides is 1. The van der Waals surface area contributed by atoms with E-state index in [9.17, 15) is 35.2 Å². The number of alkyl halides is 5. The number of sulfonamides is 1. The summed E-state index contributed by atoms with van der Waals surface area (Å²) in [5.41, 5.74) is -1.19. The molecule has 1 saturated heterocycles. The molecule has 0 aromatic heterocycles. The summed E-state index contributed by atoms with van der Waals surface area (Å²) in [5.74, 6) is -0.922. The van der Waals surface area contributed by atoms with Gasteiger partial charge in [0.15, 0.2) is 0 Å². The molecule has 3 rings (SSSR count). The number of halogens is 5. The van der Waals surface area contributed by atoms with Gasteiger partial charge < -0.3 is 9.64 Å². The van der Waals surface area contributed by atoms with Crippen LogP contribution in [0.1, 0.15) is 15.9 Å². The van der Waals surface area contributed by atoms with Gasteiger partial charge in [0, 0.05) is 26.2 Å². The van der Waals surface area contributed by atoms with E-state index >= 15 is 0 Å². The molecule has 1 aliphatic heterocycles. The van der Waals surface area contributed by atoms with Gasteiger partial charge in [-0.05, 0) is 30.3 Å². The zero-order chi connectivity index (χ0) is 22.8. The van der Waals surface area contributed by atoms with Crippen molar-refractivity contribution in [2.24, 2.45) is 0 Å². The van der Waals surface area contributed by atoms with Crippen molar-refractivity contribution in [3.8, 4) is 5.75 Å². The molecule has 2 aromatic carbocycles. The lowest BCUT2D eigenvalue weighted by Crippen LogP contribution is -2.50. The third-order valence-electron chi connectivity index (χ3n) is 4.66. The molecule has 1 fully saturated rings. The van der Waals surface area contributed by atoms with E-state index in [0.29, 0.717) is 6.07 Å². The SMILES string of the molecule is O=C(c1ccccc1OC(F)F)N1CCN(S(=O)(=O)c2cccc(C(F)(F)F)c2)CC1. The van der Waals surface area contributed by atoms with Gasteiger partial charge in [-0.25, -0.2) is 8.42 Å². The van der Waals surface area contributed by atoms with Crippen LogP contribution >= 0.6 is 0 Å². The van der Waals surface area contributed by atoms with Crippen molar-refractivity contribution < 1.29 is 39.9 Å². The van der Waals surface area contributed by atoms with Crippen LogP contribution in [0.15, 0.2) is 53.4 Å². The Balaban J connectivity index is 1.73. The van der Waals surface area contributed by atoms with Crippen LogP contribution in [0.5, 0.6) is 5.75 Å². The quantitative estimate of drug-likeness (QED) is 0.636. The van der Waals surface area contributed by atoms with Crippen LogP contribution in [0.25, 0.3) is 0 Å². The minimum atomic E-state index is -4.69. The Morgan fingerprint density at radius 1 is 0.968 bits per heavy atom. The fourth-order valence-corrected chi connectivity index (χ4v) is 4.59. The minimum Gasteiger partial charge on any atom is -0.434 e. The van der Waals surface area contributed by atoms with Crippen LogP contribution in [0.3, 0.4) is 0 Å². The van der Waals surface area contributed by atoms with Crippen molar-refractivity contribution in [3.05, 3.63) is 59.7 Å². The summed E-state index contributed by atoms with van der Waals surface area (Å²) in [6.07, 6.45) is -4.69. The summed E-state index contributed by atoms with van der Waals surface area (Å²) in [5, 5.41) is 0. The Bertz CT molecular complexity index is 1050. The molecule has 31 heavy (non-hydrogen) atoms. The highest BCUT2D eigenvalue weighted by Gasteiger charge is 2.35. The van der Waals surface area contributed by atoms with E-state index in [-0.39, 0.29) is 37.5 Å². The maximum atomic E-state index is 12.9.